The van der Waals surface area contributed by atoms with Crippen LogP contribution < -0.4 is 21.7 Å². The molecule has 9 heteroatoms. The summed E-state index contributed by atoms with van der Waals surface area (Å²) < 4.78 is 0. The lowest BCUT2D eigenvalue weighted by molar-refractivity contribution is -0.116. The zero-order valence-electron chi connectivity index (χ0n) is 16.1. The summed E-state index contributed by atoms with van der Waals surface area (Å²) >= 11 is 1.34. The number of carbonyl (C=O) groups excluding carboxylic acids is 3. The van der Waals surface area contributed by atoms with Gasteiger partial charge in [0.25, 0.3) is 0 Å². The van der Waals surface area contributed by atoms with Crippen molar-refractivity contribution < 1.29 is 14.4 Å². The molecule has 29 heavy (non-hydrogen) atoms. The van der Waals surface area contributed by atoms with E-state index in [1.54, 1.807) is 24.3 Å². The molecule has 0 radical (unpaired) electrons. The largest absolute Gasteiger partial charge is 0.366 e. The third kappa shape index (κ3) is 6.56. The lowest BCUT2D eigenvalue weighted by Gasteiger charge is -2.22. The van der Waals surface area contributed by atoms with E-state index in [1.165, 1.54) is 17.8 Å². The minimum absolute atomic E-state index is 0.158. The SMILES string of the molecule is NC(=O)c1ccc(NC(=O)CCc2csc(NC(=O)NC3CCCCC3)n2)cc1. The van der Waals surface area contributed by atoms with Gasteiger partial charge in [-0.05, 0) is 43.5 Å². The second-order valence-electron chi connectivity index (χ2n) is 7.07. The van der Waals surface area contributed by atoms with Gasteiger partial charge in [0.1, 0.15) is 0 Å². The van der Waals surface area contributed by atoms with Gasteiger partial charge in [0.2, 0.25) is 11.8 Å². The molecule has 0 unspecified atom stereocenters. The highest BCUT2D eigenvalue weighted by atomic mass is 32.1. The minimum Gasteiger partial charge on any atom is -0.366 e. The summed E-state index contributed by atoms with van der Waals surface area (Å²) in [5.74, 6) is -0.669. The number of thiazole rings is 1. The third-order valence-electron chi connectivity index (χ3n) is 4.77. The number of anilines is 2. The smallest absolute Gasteiger partial charge is 0.321 e. The van der Waals surface area contributed by atoms with Crippen molar-refractivity contribution in [3.8, 4) is 0 Å². The van der Waals surface area contributed by atoms with Crippen molar-refractivity contribution in [1.82, 2.24) is 10.3 Å². The Hall–Kier alpha value is -2.94. The van der Waals surface area contributed by atoms with Crippen LogP contribution in [-0.4, -0.2) is 28.9 Å². The summed E-state index contributed by atoms with van der Waals surface area (Å²) in [5, 5.41) is 10.9. The van der Waals surface area contributed by atoms with Crippen LogP contribution in [0.15, 0.2) is 29.6 Å². The summed E-state index contributed by atoms with van der Waals surface area (Å²) in [4.78, 5) is 39.6. The molecule has 1 fully saturated rings. The fourth-order valence-corrected chi connectivity index (χ4v) is 3.97. The highest BCUT2D eigenvalue weighted by Gasteiger charge is 2.16. The monoisotopic (exact) mass is 415 g/mol. The number of aromatic nitrogens is 1. The predicted octanol–water partition coefficient (Wildman–Crippen LogP) is 3.27. The molecule has 1 aliphatic carbocycles. The van der Waals surface area contributed by atoms with Crippen molar-refractivity contribution in [3.05, 3.63) is 40.9 Å². The Morgan fingerprint density at radius 2 is 1.79 bits per heavy atom. The normalized spacial score (nSPS) is 14.2. The maximum atomic E-state index is 12.1. The summed E-state index contributed by atoms with van der Waals surface area (Å²) in [6, 6.07) is 6.41. The molecule has 3 rings (SSSR count). The van der Waals surface area contributed by atoms with Gasteiger partial charge in [-0.3, -0.25) is 14.9 Å². The van der Waals surface area contributed by atoms with E-state index < -0.39 is 5.91 Å². The van der Waals surface area contributed by atoms with Crippen LogP contribution in [0.25, 0.3) is 0 Å². The maximum absolute atomic E-state index is 12.1. The van der Waals surface area contributed by atoms with Gasteiger partial charge in [0.15, 0.2) is 5.13 Å². The summed E-state index contributed by atoms with van der Waals surface area (Å²) in [6.07, 6.45) is 6.33. The topological polar surface area (TPSA) is 126 Å². The molecule has 0 atom stereocenters. The van der Waals surface area contributed by atoms with Gasteiger partial charge in [-0.25, -0.2) is 9.78 Å². The second kappa shape index (κ2) is 10.0. The molecule has 0 bridgehead atoms. The minimum atomic E-state index is -0.511. The van der Waals surface area contributed by atoms with E-state index in [2.05, 4.69) is 20.9 Å². The molecule has 1 heterocycles. The van der Waals surface area contributed by atoms with Crippen molar-refractivity contribution in [1.29, 1.82) is 0 Å². The number of hydrogen-bond donors (Lipinski definition) is 4. The van der Waals surface area contributed by atoms with E-state index in [0.29, 0.717) is 22.8 Å². The molecule has 1 saturated carbocycles. The van der Waals surface area contributed by atoms with Crippen LogP contribution in [0.4, 0.5) is 15.6 Å². The first kappa shape index (κ1) is 20.8. The number of benzene rings is 1. The first-order valence-electron chi connectivity index (χ1n) is 9.71. The molecule has 0 aliphatic heterocycles. The Morgan fingerprint density at radius 1 is 1.07 bits per heavy atom. The van der Waals surface area contributed by atoms with Gasteiger partial charge in [-0.15, -0.1) is 11.3 Å². The van der Waals surface area contributed by atoms with Crippen LogP contribution in [0.2, 0.25) is 0 Å². The van der Waals surface area contributed by atoms with Gasteiger partial charge in [0.05, 0.1) is 5.69 Å². The Morgan fingerprint density at radius 3 is 2.48 bits per heavy atom. The molecule has 4 amide bonds. The number of carbonyl (C=O) groups is 3. The Balaban J connectivity index is 1.41. The molecular weight excluding hydrogens is 390 g/mol. The maximum Gasteiger partial charge on any atom is 0.321 e. The number of amides is 4. The molecule has 8 nitrogen and oxygen atoms in total. The van der Waals surface area contributed by atoms with Gasteiger partial charge < -0.3 is 16.4 Å². The van der Waals surface area contributed by atoms with Gasteiger partial charge in [-0.2, -0.15) is 0 Å². The van der Waals surface area contributed by atoms with Crippen LogP contribution >= 0.6 is 11.3 Å². The molecule has 1 aromatic carbocycles. The Kier molecular flexibility index (Phi) is 7.18. The fraction of sp³-hybridized carbons (Fsp3) is 0.400. The number of hydrogen-bond acceptors (Lipinski definition) is 5. The molecule has 0 spiro atoms. The predicted molar refractivity (Wildman–Crippen MR) is 113 cm³/mol. The van der Waals surface area contributed by atoms with Crippen molar-refractivity contribution in [3.63, 3.8) is 0 Å². The van der Waals surface area contributed by atoms with Gasteiger partial charge >= 0.3 is 6.03 Å². The van der Waals surface area contributed by atoms with E-state index in [0.717, 1.165) is 31.4 Å². The quantitative estimate of drug-likeness (QED) is 0.553. The van der Waals surface area contributed by atoms with Crippen molar-refractivity contribution in [2.24, 2.45) is 5.73 Å². The highest BCUT2D eigenvalue weighted by Crippen LogP contribution is 2.19. The fourth-order valence-electron chi connectivity index (χ4n) is 3.23. The molecule has 1 aliphatic rings. The average molecular weight is 416 g/mol. The molecule has 2 aromatic rings. The van der Waals surface area contributed by atoms with Crippen LogP contribution in [0.1, 0.15) is 54.6 Å². The average Bonchev–Trinajstić information content (AvgIpc) is 3.14. The molecular formula is C20H25N5O3S. The molecule has 0 saturated heterocycles. The summed E-state index contributed by atoms with van der Waals surface area (Å²) in [7, 11) is 0. The van der Waals surface area contributed by atoms with E-state index in [4.69, 9.17) is 5.73 Å². The van der Waals surface area contributed by atoms with E-state index >= 15 is 0 Å². The van der Waals surface area contributed by atoms with E-state index in [9.17, 15) is 14.4 Å². The third-order valence-corrected chi connectivity index (χ3v) is 5.58. The van der Waals surface area contributed by atoms with Crippen molar-refractivity contribution >= 4 is 40.0 Å². The first-order chi connectivity index (χ1) is 14.0. The van der Waals surface area contributed by atoms with Crippen LogP contribution in [0.5, 0.6) is 0 Å². The number of aryl methyl sites for hydroxylation is 1. The van der Waals surface area contributed by atoms with Gasteiger partial charge in [-0.1, -0.05) is 19.3 Å². The molecule has 154 valence electrons. The standard InChI is InChI=1S/C20H25N5O3S/c21-18(27)13-6-8-15(9-7-13)22-17(26)11-10-16-12-29-20(24-16)25-19(28)23-14-4-2-1-3-5-14/h6-9,12,14H,1-5,10-11H2,(H2,21,27)(H,22,26)(H2,23,24,25,28). The number of nitrogens with zero attached hydrogens (tertiary/aromatic N) is 1. The lowest BCUT2D eigenvalue weighted by Crippen LogP contribution is -2.38. The van der Waals surface area contributed by atoms with Crippen molar-refractivity contribution in [2.75, 3.05) is 10.6 Å². The zero-order valence-corrected chi connectivity index (χ0v) is 16.9. The number of urea groups is 1. The van der Waals surface area contributed by atoms with Crippen LogP contribution in [0.3, 0.4) is 0 Å². The number of nitrogens with one attached hydrogen (secondary N) is 3. The zero-order chi connectivity index (χ0) is 20.6. The summed E-state index contributed by atoms with van der Waals surface area (Å²) in [5.41, 5.74) is 6.93. The summed E-state index contributed by atoms with van der Waals surface area (Å²) in [6.45, 7) is 0. The first-order valence-corrected chi connectivity index (χ1v) is 10.6. The lowest BCUT2D eigenvalue weighted by atomic mass is 9.96. The highest BCUT2D eigenvalue weighted by molar-refractivity contribution is 7.13. The van der Waals surface area contributed by atoms with Crippen LogP contribution in [0, 0.1) is 0 Å². The van der Waals surface area contributed by atoms with Gasteiger partial charge in [0, 0.05) is 29.1 Å². The van der Waals surface area contributed by atoms with E-state index in [-0.39, 0.29) is 24.4 Å². The Bertz CT molecular complexity index is 859. The Labute approximate surface area is 173 Å². The molecule has 5 N–H and O–H groups in total. The van der Waals surface area contributed by atoms with E-state index in [1.807, 2.05) is 5.38 Å². The number of primary amides is 1. The second-order valence-corrected chi connectivity index (χ2v) is 7.93. The number of rotatable bonds is 7. The molecule has 1 aromatic heterocycles. The number of nitrogens with two attached hydrogens (primary N) is 1. The van der Waals surface area contributed by atoms with Crippen molar-refractivity contribution in [2.45, 2.75) is 51.0 Å². The van der Waals surface area contributed by atoms with Crippen LogP contribution in [-0.2, 0) is 11.2 Å².